The molecule has 19 heavy (non-hydrogen) atoms. The summed E-state index contributed by atoms with van der Waals surface area (Å²) in [5, 5.41) is 4.29. The van der Waals surface area contributed by atoms with Crippen molar-refractivity contribution in [3.05, 3.63) is 33.3 Å². The van der Waals surface area contributed by atoms with E-state index in [1.807, 2.05) is 6.07 Å². The van der Waals surface area contributed by atoms with Crippen molar-refractivity contribution < 1.29 is 0 Å². The average Bonchev–Trinajstić information content (AvgIpc) is 2.38. The molecule has 1 aliphatic carbocycles. The van der Waals surface area contributed by atoms with E-state index >= 15 is 0 Å². The van der Waals surface area contributed by atoms with Crippen LogP contribution >= 0.6 is 27.5 Å². The van der Waals surface area contributed by atoms with E-state index < -0.39 is 0 Å². The third kappa shape index (κ3) is 2.99. The molecule has 1 saturated carbocycles. The highest BCUT2D eigenvalue weighted by molar-refractivity contribution is 9.10. The molecule has 2 nitrogen and oxygen atoms in total. The van der Waals surface area contributed by atoms with Gasteiger partial charge in [-0.15, -0.1) is 0 Å². The van der Waals surface area contributed by atoms with E-state index in [4.69, 9.17) is 11.6 Å². The lowest BCUT2D eigenvalue weighted by Crippen LogP contribution is -2.47. The van der Waals surface area contributed by atoms with Crippen molar-refractivity contribution in [2.45, 2.75) is 25.3 Å². The largest absolute Gasteiger partial charge is 0.314 e. The normalized spacial score (nSPS) is 23.1. The molecule has 0 aromatic heterocycles. The Balaban J connectivity index is 1.90. The fourth-order valence-corrected chi connectivity index (χ4v) is 3.87. The zero-order valence-corrected chi connectivity index (χ0v) is 13.4. The summed E-state index contributed by atoms with van der Waals surface area (Å²) in [6.45, 7) is 4.48. The minimum atomic E-state index is 0.531. The third-order valence-electron chi connectivity index (χ3n) is 4.42. The zero-order chi connectivity index (χ0) is 13.2. The first-order chi connectivity index (χ1) is 9.25. The first kappa shape index (κ1) is 13.9. The van der Waals surface area contributed by atoms with Crippen LogP contribution in [-0.2, 0) is 0 Å². The summed E-state index contributed by atoms with van der Waals surface area (Å²) < 4.78 is 1.20. The van der Waals surface area contributed by atoms with Gasteiger partial charge in [-0.2, -0.15) is 0 Å². The second kappa shape index (κ2) is 6.13. The smallest absolute Gasteiger partial charge is 0.0410 e. The standard InChI is InChI=1S/C15H20BrClN2/c16-14-5-4-12(17)10-13(14)15(11-2-1-3-11)19-8-6-18-7-9-19/h4-5,10-11,15,18H,1-3,6-9H2/t15-/m1/s1. The molecule has 4 heteroatoms. The van der Waals surface area contributed by atoms with Crippen molar-refractivity contribution in [3.8, 4) is 0 Å². The molecule has 2 aliphatic rings. The quantitative estimate of drug-likeness (QED) is 0.897. The van der Waals surface area contributed by atoms with Crippen molar-refractivity contribution in [2.24, 2.45) is 5.92 Å². The van der Waals surface area contributed by atoms with Gasteiger partial charge in [0.2, 0.25) is 0 Å². The first-order valence-electron chi connectivity index (χ1n) is 7.15. The Morgan fingerprint density at radius 1 is 1.26 bits per heavy atom. The summed E-state index contributed by atoms with van der Waals surface area (Å²) in [5.41, 5.74) is 1.37. The topological polar surface area (TPSA) is 15.3 Å². The molecule has 1 aliphatic heterocycles. The van der Waals surface area contributed by atoms with Crippen LogP contribution in [0.4, 0.5) is 0 Å². The molecule has 1 heterocycles. The zero-order valence-electron chi connectivity index (χ0n) is 11.0. The number of piperazine rings is 1. The molecule has 0 amide bonds. The highest BCUT2D eigenvalue weighted by Crippen LogP contribution is 2.44. The highest BCUT2D eigenvalue weighted by Gasteiger charge is 2.34. The van der Waals surface area contributed by atoms with Crippen molar-refractivity contribution in [3.63, 3.8) is 0 Å². The summed E-state index contributed by atoms with van der Waals surface area (Å²) in [7, 11) is 0. The first-order valence-corrected chi connectivity index (χ1v) is 8.32. The van der Waals surface area contributed by atoms with Gasteiger partial charge in [-0.05, 0) is 42.5 Å². The van der Waals surface area contributed by atoms with Crippen molar-refractivity contribution in [1.29, 1.82) is 0 Å². The third-order valence-corrected chi connectivity index (χ3v) is 5.38. The van der Waals surface area contributed by atoms with Gasteiger partial charge >= 0.3 is 0 Å². The molecule has 0 bridgehead atoms. The van der Waals surface area contributed by atoms with Crippen LogP contribution in [-0.4, -0.2) is 31.1 Å². The molecule has 1 aromatic carbocycles. The van der Waals surface area contributed by atoms with Gasteiger partial charge in [-0.1, -0.05) is 34.0 Å². The predicted molar refractivity (Wildman–Crippen MR) is 83.7 cm³/mol. The van der Waals surface area contributed by atoms with Crippen LogP contribution in [0.1, 0.15) is 30.9 Å². The Hall–Kier alpha value is -0.0900. The van der Waals surface area contributed by atoms with E-state index in [-0.39, 0.29) is 0 Å². The molecule has 0 radical (unpaired) electrons. The highest BCUT2D eigenvalue weighted by atomic mass is 79.9. The van der Waals surface area contributed by atoms with E-state index in [0.29, 0.717) is 6.04 Å². The molecule has 104 valence electrons. The SMILES string of the molecule is Clc1ccc(Br)c([C@@H](C2CCC2)N2CCNCC2)c1. The second-order valence-electron chi connectivity index (χ2n) is 5.59. The molecule has 0 unspecified atom stereocenters. The lowest BCUT2D eigenvalue weighted by molar-refractivity contribution is 0.0832. The molecule has 1 atom stereocenters. The fraction of sp³-hybridized carbons (Fsp3) is 0.600. The maximum absolute atomic E-state index is 6.21. The van der Waals surface area contributed by atoms with Crippen molar-refractivity contribution in [1.82, 2.24) is 10.2 Å². The minimum absolute atomic E-state index is 0.531. The monoisotopic (exact) mass is 342 g/mol. The van der Waals surface area contributed by atoms with Crippen LogP contribution in [0.25, 0.3) is 0 Å². The number of nitrogens with one attached hydrogen (secondary N) is 1. The van der Waals surface area contributed by atoms with E-state index in [9.17, 15) is 0 Å². The van der Waals surface area contributed by atoms with E-state index in [1.165, 1.54) is 29.3 Å². The number of rotatable bonds is 3. The van der Waals surface area contributed by atoms with Gasteiger partial charge in [0.15, 0.2) is 0 Å². The maximum Gasteiger partial charge on any atom is 0.0410 e. The number of nitrogens with zero attached hydrogens (tertiary/aromatic N) is 1. The van der Waals surface area contributed by atoms with Crippen molar-refractivity contribution in [2.75, 3.05) is 26.2 Å². The Morgan fingerprint density at radius 3 is 2.63 bits per heavy atom. The molecule has 2 fully saturated rings. The van der Waals surface area contributed by atoms with Gasteiger partial charge in [0.25, 0.3) is 0 Å². The predicted octanol–water partition coefficient (Wildman–Crippen LogP) is 3.85. The van der Waals surface area contributed by atoms with E-state index in [0.717, 1.165) is 37.1 Å². The van der Waals surface area contributed by atoms with Crippen LogP contribution in [0.2, 0.25) is 5.02 Å². The average molecular weight is 344 g/mol. The molecule has 1 saturated heterocycles. The Bertz CT molecular complexity index is 442. The van der Waals surface area contributed by atoms with Crippen LogP contribution in [0, 0.1) is 5.92 Å². The van der Waals surface area contributed by atoms with E-state index in [2.05, 4.69) is 38.3 Å². The molecule has 1 N–H and O–H groups in total. The molecule has 3 rings (SSSR count). The molecule has 0 spiro atoms. The van der Waals surface area contributed by atoms with Gasteiger partial charge in [0, 0.05) is 41.7 Å². The van der Waals surface area contributed by atoms with Gasteiger partial charge in [-0.25, -0.2) is 0 Å². The Labute approximate surface area is 128 Å². The summed E-state index contributed by atoms with van der Waals surface area (Å²) in [5.74, 6) is 0.799. The van der Waals surface area contributed by atoms with E-state index in [1.54, 1.807) is 0 Å². The summed E-state index contributed by atoms with van der Waals surface area (Å²) >= 11 is 9.93. The lowest BCUT2D eigenvalue weighted by atomic mass is 9.76. The summed E-state index contributed by atoms with van der Waals surface area (Å²) in [6.07, 6.45) is 4.09. The lowest BCUT2D eigenvalue weighted by Gasteiger charge is -2.43. The van der Waals surface area contributed by atoms with Crippen LogP contribution < -0.4 is 5.32 Å². The minimum Gasteiger partial charge on any atom is -0.314 e. The fourth-order valence-electron chi connectivity index (χ4n) is 3.21. The number of hydrogen-bond donors (Lipinski definition) is 1. The van der Waals surface area contributed by atoms with Gasteiger partial charge in [-0.3, -0.25) is 4.90 Å². The van der Waals surface area contributed by atoms with Crippen LogP contribution in [0.3, 0.4) is 0 Å². The molecular formula is C15H20BrClN2. The number of hydrogen-bond acceptors (Lipinski definition) is 2. The summed E-state index contributed by atoms with van der Waals surface area (Å²) in [6, 6.07) is 6.73. The maximum atomic E-state index is 6.21. The number of halogens is 2. The number of benzene rings is 1. The Morgan fingerprint density at radius 2 is 2.00 bits per heavy atom. The van der Waals surface area contributed by atoms with Crippen LogP contribution in [0.15, 0.2) is 22.7 Å². The molecule has 1 aromatic rings. The van der Waals surface area contributed by atoms with Crippen molar-refractivity contribution >= 4 is 27.5 Å². The Kier molecular flexibility index (Phi) is 4.47. The van der Waals surface area contributed by atoms with Gasteiger partial charge in [0.05, 0.1) is 0 Å². The van der Waals surface area contributed by atoms with Crippen LogP contribution in [0.5, 0.6) is 0 Å². The van der Waals surface area contributed by atoms with Gasteiger partial charge < -0.3 is 5.32 Å². The molecular weight excluding hydrogens is 324 g/mol. The summed E-state index contributed by atoms with van der Waals surface area (Å²) in [4.78, 5) is 2.64. The second-order valence-corrected chi connectivity index (χ2v) is 6.88. The van der Waals surface area contributed by atoms with Gasteiger partial charge in [0.1, 0.15) is 0 Å².